The lowest BCUT2D eigenvalue weighted by Crippen LogP contribution is -2.13. The number of nitrogens with zero attached hydrogens (tertiary/aromatic N) is 5. The number of benzene rings is 1. The molecule has 4 aromatic rings. The van der Waals surface area contributed by atoms with E-state index in [-0.39, 0.29) is 15.2 Å². The number of H-pyrrole nitrogens is 1. The summed E-state index contributed by atoms with van der Waals surface area (Å²) in [6.07, 6.45) is 5.16. The van der Waals surface area contributed by atoms with Crippen molar-refractivity contribution in [3.05, 3.63) is 46.5 Å². The average molecular weight is 493 g/mol. The molecule has 0 unspecified atom stereocenters. The highest BCUT2D eigenvalue weighted by Crippen LogP contribution is 2.34. The molecule has 0 saturated heterocycles. The molecule has 28 heavy (non-hydrogen) atoms. The molecule has 14 heteroatoms. The van der Waals surface area contributed by atoms with Crippen molar-refractivity contribution in [3.63, 3.8) is 0 Å². The smallest absolute Gasteiger partial charge is 0.334 e. The van der Waals surface area contributed by atoms with Crippen molar-refractivity contribution in [2.45, 2.75) is 11.4 Å². The second-order valence-corrected chi connectivity index (χ2v) is 8.28. The number of fused-ring (bicyclic) bond motifs is 1. The van der Waals surface area contributed by atoms with Crippen LogP contribution < -0.4 is 4.72 Å². The summed E-state index contributed by atoms with van der Waals surface area (Å²) >= 11 is 9.14. The molecule has 0 spiro atoms. The van der Waals surface area contributed by atoms with E-state index < -0.39 is 16.6 Å². The summed E-state index contributed by atoms with van der Waals surface area (Å²) < 4.78 is 53.7. The van der Waals surface area contributed by atoms with Gasteiger partial charge in [0.15, 0.2) is 0 Å². The lowest BCUT2D eigenvalue weighted by Gasteiger charge is -2.08. The van der Waals surface area contributed by atoms with Gasteiger partial charge in [0, 0.05) is 11.6 Å². The number of alkyl halides is 2. The lowest BCUT2D eigenvalue weighted by molar-refractivity contribution is 0.0542. The Kier molecular flexibility index (Phi) is 4.59. The maximum atomic E-state index is 12.8. The normalized spacial score (nSPS) is 12.2. The van der Waals surface area contributed by atoms with Gasteiger partial charge in [-0.2, -0.15) is 28.8 Å². The molecule has 3 aromatic heterocycles. The quantitative estimate of drug-likeness (QED) is 0.443. The van der Waals surface area contributed by atoms with Crippen LogP contribution in [0.15, 0.2) is 46.4 Å². The number of anilines is 1. The highest BCUT2D eigenvalue weighted by Gasteiger charge is 2.25. The molecule has 4 rings (SSSR count). The number of rotatable bonds is 5. The minimum atomic E-state index is -4.13. The van der Waals surface area contributed by atoms with Gasteiger partial charge >= 0.3 is 6.55 Å². The van der Waals surface area contributed by atoms with Gasteiger partial charge in [0.2, 0.25) is 0 Å². The second kappa shape index (κ2) is 6.83. The molecule has 0 aliphatic rings. The zero-order chi connectivity index (χ0) is 20.1. The van der Waals surface area contributed by atoms with Gasteiger partial charge in [-0.25, -0.2) is 8.42 Å². The van der Waals surface area contributed by atoms with Crippen LogP contribution in [-0.2, 0) is 10.0 Å². The van der Waals surface area contributed by atoms with E-state index in [2.05, 4.69) is 40.9 Å². The van der Waals surface area contributed by atoms with E-state index in [9.17, 15) is 17.2 Å². The molecular formula is C14H9BrClF2N7O2S. The molecule has 3 heterocycles. The maximum Gasteiger partial charge on any atom is 0.334 e. The number of aromatic amines is 1. The summed E-state index contributed by atoms with van der Waals surface area (Å²) in [5.74, 6) is 0. The third-order valence-corrected chi connectivity index (χ3v) is 6.31. The molecule has 0 radical (unpaired) electrons. The number of sulfonamides is 1. The highest BCUT2D eigenvalue weighted by molar-refractivity contribution is 9.10. The van der Waals surface area contributed by atoms with Crippen molar-refractivity contribution in [1.29, 1.82) is 0 Å². The van der Waals surface area contributed by atoms with E-state index in [1.54, 1.807) is 0 Å². The predicted molar refractivity (Wildman–Crippen MR) is 100 cm³/mol. The molecule has 146 valence electrons. The van der Waals surface area contributed by atoms with E-state index in [4.69, 9.17) is 11.6 Å². The van der Waals surface area contributed by atoms with Gasteiger partial charge in [0.1, 0.15) is 20.9 Å². The number of hydrogen-bond donors (Lipinski definition) is 2. The maximum absolute atomic E-state index is 12.8. The van der Waals surface area contributed by atoms with Crippen molar-refractivity contribution in [2.75, 3.05) is 4.72 Å². The van der Waals surface area contributed by atoms with Crippen LogP contribution in [0.25, 0.3) is 16.6 Å². The molecular weight excluding hydrogens is 484 g/mol. The van der Waals surface area contributed by atoms with Gasteiger partial charge in [-0.15, -0.1) is 4.80 Å². The number of halogens is 4. The topological polar surface area (TPSA) is 110 Å². The van der Waals surface area contributed by atoms with Gasteiger partial charge < -0.3 is 4.98 Å². The Morgan fingerprint density at radius 3 is 2.57 bits per heavy atom. The molecule has 0 aliphatic heterocycles. The standard InChI is InChI=1S/C14H9BrClF2N7O2S/c15-13-9(5-22-24(13)14(17)18)23-28(26,27)10-6-19-11-7(10)1-2-8(16)12(11)25-20-3-4-21-25/h1-6,14,19,23H. The van der Waals surface area contributed by atoms with Crippen LogP contribution in [-0.4, -0.2) is 38.2 Å². The molecule has 9 nitrogen and oxygen atoms in total. The second-order valence-electron chi connectivity index (χ2n) is 5.47. The van der Waals surface area contributed by atoms with Gasteiger partial charge in [-0.1, -0.05) is 11.6 Å². The van der Waals surface area contributed by atoms with Crippen molar-refractivity contribution >= 4 is 54.1 Å². The Balaban J connectivity index is 1.80. The van der Waals surface area contributed by atoms with E-state index in [0.29, 0.717) is 26.3 Å². The van der Waals surface area contributed by atoms with Crippen molar-refractivity contribution in [2.24, 2.45) is 0 Å². The van der Waals surface area contributed by atoms with Gasteiger partial charge in [0.05, 0.1) is 29.1 Å². The first-order valence-corrected chi connectivity index (χ1v) is 10.2. The molecule has 1 aromatic carbocycles. The summed E-state index contributed by atoms with van der Waals surface area (Å²) in [5, 5.41) is 12.1. The van der Waals surface area contributed by atoms with Crippen LogP contribution in [0.2, 0.25) is 5.02 Å². The van der Waals surface area contributed by atoms with Crippen LogP contribution in [0.5, 0.6) is 0 Å². The molecule has 0 atom stereocenters. The van der Waals surface area contributed by atoms with Crippen molar-refractivity contribution in [1.82, 2.24) is 29.8 Å². The fourth-order valence-electron chi connectivity index (χ4n) is 2.63. The van der Waals surface area contributed by atoms with Gasteiger partial charge in [-0.3, -0.25) is 4.72 Å². The SMILES string of the molecule is O=S(=O)(Nc1cnn(C(F)F)c1Br)c1c[nH]c2c(-n3nccn3)c(Cl)ccc12. The minimum absolute atomic E-state index is 0.107. The van der Waals surface area contributed by atoms with E-state index in [0.717, 1.165) is 6.20 Å². The Labute approximate surface area is 169 Å². The Morgan fingerprint density at radius 2 is 1.93 bits per heavy atom. The zero-order valence-electron chi connectivity index (χ0n) is 13.5. The monoisotopic (exact) mass is 491 g/mol. The third kappa shape index (κ3) is 3.04. The van der Waals surface area contributed by atoms with Gasteiger partial charge in [-0.05, 0) is 28.1 Å². The molecule has 0 fully saturated rings. The first kappa shape index (κ1) is 18.8. The van der Waals surface area contributed by atoms with Crippen molar-refractivity contribution < 1.29 is 17.2 Å². The molecule has 0 aliphatic carbocycles. The van der Waals surface area contributed by atoms with E-state index in [1.165, 1.54) is 35.5 Å². The summed E-state index contributed by atoms with van der Waals surface area (Å²) in [6.45, 7) is -2.92. The minimum Gasteiger partial charge on any atom is -0.358 e. The Bertz CT molecular complexity index is 1270. The van der Waals surface area contributed by atoms with E-state index >= 15 is 0 Å². The van der Waals surface area contributed by atoms with Gasteiger partial charge in [0.25, 0.3) is 10.0 Å². The first-order valence-electron chi connectivity index (χ1n) is 7.50. The molecule has 0 amide bonds. The van der Waals surface area contributed by atoms with Crippen LogP contribution >= 0.6 is 27.5 Å². The fourth-order valence-corrected chi connectivity index (χ4v) is 4.67. The number of hydrogen-bond acceptors (Lipinski definition) is 5. The Hall–Kier alpha value is -2.51. The third-order valence-electron chi connectivity index (χ3n) is 3.81. The molecule has 0 saturated carbocycles. The van der Waals surface area contributed by atoms with Crippen LogP contribution in [0, 0.1) is 0 Å². The summed E-state index contributed by atoms with van der Waals surface area (Å²) in [6, 6.07) is 3.04. The first-order chi connectivity index (χ1) is 13.3. The average Bonchev–Trinajstić information content (AvgIpc) is 3.35. The predicted octanol–water partition coefficient (Wildman–Crippen LogP) is 3.56. The molecule has 0 bridgehead atoms. The van der Waals surface area contributed by atoms with Crippen LogP contribution in [0.3, 0.4) is 0 Å². The number of aromatic nitrogens is 6. The Morgan fingerprint density at radius 1 is 1.21 bits per heavy atom. The number of nitrogens with one attached hydrogen (secondary N) is 2. The zero-order valence-corrected chi connectivity index (χ0v) is 16.7. The summed E-state index contributed by atoms with van der Waals surface area (Å²) in [7, 11) is -4.13. The largest absolute Gasteiger partial charge is 0.358 e. The van der Waals surface area contributed by atoms with Crippen molar-refractivity contribution in [3.8, 4) is 5.69 Å². The van der Waals surface area contributed by atoms with Crippen LogP contribution in [0.4, 0.5) is 14.5 Å². The van der Waals surface area contributed by atoms with Crippen LogP contribution in [0.1, 0.15) is 6.55 Å². The highest BCUT2D eigenvalue weighted by atomic mass is 79.9. The fraction of sp³-hybridized carbons (Fsp3) is 0.0714. The molecule has 2 N–H and O–H groups in total. The summed E-state index contributed by atoms with van der Waals surface area (Å²) in [5.41, 5.74) is 0.640. The lowest BCUT2D eigenvalue weighted by atomic mass is 10.2. The van der Waals surface area contributed by atoms with E-state index in [1.807, 2.05) is 0 Å². The summed E-state index contributed by atoms with van der Waals surface area (Å²) in [4.78, 5) is 4.01.